The summed E-state index contributed by atoms with van der Waals surface area (Å²) in [7, 11) is 0. The Kier molecular flexibility index (Phi) is 2.36. The number of piperidine rings is 1. The fourth-order valence-electron chi connectivity index (χ4n) is 1.62. The molecule has 0 aromatic carbocycles. The average Bonchev–Trinajstić information content (AvgIpc) is 2.54. The maximum absolute atomic E-state index is 10.3. The van der Waals surface area contributed by atoms with Crippen molar-refractivity contribution in [2.75, 3.05) is 13.1 Å². The molecular formula is C9H14N2OS. The van der Waals surface area contributed by atoms with Gasteiger partial charge in [0.1, 0.15) is 10.6 Å². The third-order valence-corrected chi connectivity index (χ3v) is 3.60. The van der Waals surface area contributed by atoms with Gasteiger partial charge >= 0.3 is 0 Å². The van der Waals surface area contributed by atoms with Crippen LogP contribution in [0.5, 0.6) is 0 Å². The minimum Gasteiger partial charge on any atom is -0.383 e. The lowest BCUT2D eigenvalue weighted by Gasteiger charge is -2.30. The van der Waals surface area contributed by atoms with Crippen LogP contribution in [0.15, 0.2) is 5.38 Å². The second-order valence-corrected chi connectivity index (χ2v) is 4.43. The number of nitrogens with one attached hydrogen (secondary N) is 1. The van der Waals surface area contributed by atoms with Gasteiger partial charge < -0.3 is 10.4 Å². The molecule has 1 aromatic rings. The number of thiazole rings is 1. The van der Waals surface area contributed by atoms with Crippen molar-refractivity contribution in [3.05, 3.63) is 16.1 Å². The molecule has 0 radical (unpaired) electrons. The van der Waals surface area contributed by atoms with Gasteiger partial charge in [-0.25, -0.2) is 4.98 Å². The number of aromatic nitrogens is 1. The molecule has 0 bridgehead atoms. The van der Waals surface area contributed by atoms with E-state index in [2.05, 4.69) is 10.3 Å². The molecule has 1 aromatic heterocycles. The highest BCUT2D eigenvalue weighted by Crippen LogP contribution is 2.32. The standard InChI is InChI=1S/C9H14N2OS/c1-7-6-13-8(11-7)9(12)2-4-10-5-3-9/h6,10,12H,2-5H2,1H3. The molecule has 0 unspecified atom stereocenters. The number of nitrogens with zero attached hydrogens (tertiary/aromatic N) is 1. The highest BCUT2D eigenvalue weighted by Gasteiger charge is 2.33. The molecule has 0 aliphatic carbocycles. The molecule has 3 nitrogen and oxygen atoms in total. The van der Waals surface area contributed by atoms with Crippen LogP contribution >= 0.6 is 11.3 Å². The fraction of sp³-hybridized carbons (Fsp3) is 0.667. The van der Waals surface area contributed by atoms with Crippen LogP contribution in [0.25, 0.3) is 0 Å². The first kappa shape index (κ1) is 9.12. The molecule has 72 valence electrons. The Bertz CT molecular complexity index is 292. The smallest absolute Gasteiger partial charge is 0.125 e. The van der Waals surface area contributed by atoms with E-state index in [0.717, 1.165) is 36.6 Å². The number of aryl methyl sites for hydroxylation is 1. The second-order valence-electron chi connectivity index (χ2n) is 3.58. The summed E-state index contributed by atoms with van der Waals surface area (Å²) >= 11 is 1.57. The normalized spacial score (nSPS) is 21.7. The molecule has 0 amide bonds. The van der Waals surface area contributed by atoms with E-state index in [-0.39, 0.29) is 0 Å². The number of rotatable bonds is 1. The molecule has 2 rings (SSSR count). The van der Waals surface area contributed by atoms with Crippen molar-refractivity contribution in [3.8, 4) is 0 Å². The third-order valence-electron chi connectivity index (χ3n) is 2.45. The Balaban J connectivity index is 2.22. The van der Waals surface area contributed by atoms with Crippen LogP contribution in [0.1, 0.15) is 23.5 Å². The quantitative estimate of drug-likeness (QED) is 0.708. The van der Waals surface area contributed by atoms with Gasteiger partial charge in [0.25, 0.3) is 0 Å². The first-order chi connectivity index (χ1) is 6.21. The zero-order chi connectivity index (χ0) is 9.31. The van der Waals surface area contributed by atoms with Crippen LogP contribution in [0.2, 0.25) is 0 Å². The van der Waals surface area contributed by atoms with Crippen LogP contribution in [-0.4, -0.2) is 23.2 Å². The molecule has 0 atom stereocenters. The van der Waals surface area contributed by atoms with Crippen molar-refractivity contribution in [2.45, 2.75) is 25.4 Å². The van der Waals surface area contributed by atoms with Crippen molar-refractivity contribution in [1.82, 2.24) is 10.3 Å². The molecule has 1 saturated heterocycles. The molecule has 1 aliphatic heterocycles. The first-order valence-corrected chi connectivity index (χ1v) is 5.44. The van der Waals surface area contributed by atoms with Crippen LogP contribution in [0.4, 0.5) is 0 Å². The van der Waals surface area contributed by atoms with E-state index in [1.807, 2.05) is 12.3 Å². The summed E-state index contributed by atoms with van der Waals surface area (Å²) in [4.78, 5) is 4.35. The minimum atomic E-state index is -0.663. The summed E-state index contributed by atoms with van der Waals surface area (Å²) < 4.78 is 0. The van der Waals surface area contributed by atoms with E-state index in [1.165, 1.54) is 0 Å². The van der Waals surface area contributed by atoms with Crippen LogP contribution in [0.3, 0.4) is 0 Å². The number of hydrogen-bond acceptors (Lipinski definition) is 4. The van der Waals surface area contributed by atoms with Crippen molar-refractivity contribution in [3.63, 3.8) is 0 Å². The number of hydrogen-bond donors (Lipinski definition) is 2. The molecule has 2 N–H and O–H groups in total. The Morgan fingerprint density at radius 2 is 2.23 bits per heavy atom. The summed E-state index contributed by atoms with van der Waals surface area (Å²) in [5.74, 6) is 0. The molecule has 0 saturated carbocycles. The van der Waals surface area contributed by atoms with Crippen LogP contribution < -0.4 is 5.32 Å². The predicted octanol–water partition coefficient (Wildman–Crippen LogP) is 1.02. The van der Waals surface area contributed by atoms with Gasteiger partial charge in [0.2, 0.25) is 0 Å². The SMILES string of the molecule is Cc1csc(C2(O)CCNCC2)n1. The van der Waals surface area contributed by atoms with E-state index >= 15 is 0 Å². The molecule has 0 spiro atoms. The Morgan fingerprint density at radius 1 is 1.54 bits per heavy atom. The fourth-order valence-corrected chi connectivity index (χ4v) is 2.58. The van der Waals surface area contributed by atoms with Gasteiger partial charge in [0.15, 0.2) is 0 Å². The maximum atomic E-state index is 10.3. The van der Waals surface area contributed by atoms with Crippen LogP contribution in [-0.2, 0) is 5.60 Å². The molecule has 4 heteroatoms. The van der Waals surface area contributed by atoms with E-state index in [0.29, 0.717) is 0 Å². The summed E-state index contributed by atoms with van der Waals surface area (Å²) in [6, 6.07) is 0. The summed E-state index contributed by atoms with van der Waals surface area (Å²) in [6.45, 7) is 3.73. The Hall–Kier alpha value is -0.450. The molecule has 13 heavy (non-hydrogen) atoms. The largest absolute Gasteiger partial charge is 0.383 e. The topological polar surface area (TPSA) is 45.1 Å². The lowest BCUT2D eigenvalue weighted by molar-refractivity contribution is 0.00566. The van der Waals surface area contributed by atoms with Crippen LogP contribution in [0, 0.1) is 6.92 Å². The van der Waals surface area contributed by atoms with Gasteiger partial charge in [-0.1, -0.05) is 0 Å². The van der Waals surface area contributed by atoms with Gasteiger partial charge in [-0.15, -0.1) is 11.3 Å². The van der Waals surface area contributed by atoms with Gasteiger partial charge in [-0.2, -0.15) is 0 Å². The van der Waals surface area contributed by atoms with E-state index in [4.69, 9.17) is 0 Å². The lowest BCUT2D eigenvalue weighted by atomic mass is 9.93. The zero-order valence-corrected chi connectivity index (χ0v) is 8.52. The summed E-state index contributed by atoms with van der Waals surface area (Å²) in [6.07, 6.45) is 1.56. The minimum absolute atomic E-state index is 0.663. The zero-order valence-electron chi connectivity index (χ0n) is 7.71. The summed E-state index contributed by atoms with van der Waals surface area (Å²) in [5, 5.41) is 16.4. The van der Waals surface area contributed by atoms with Gasteiger partial charge in [-0.3, -0.25) is 0 Å². The van der Waals surface area contributed by atoms with E-state index in [1.54, 1.807) is 11.3 Å². The Labute approximate surface area is 81.8 Å². The van der Waals surface area contributed by atoms with Crippen molar-refractivity contribution in [2.24, 2.45) is 0 Å². The number of aliphatic hydroxyl groups is 1. The lowest BCUT2D eigenvalue weighted by Crippen LogP contribution is -2.39. The summed E-state index contributed by atoms with van der Waals surface area (Å²) in [5.41, 5.74) is 0.344. The van der Waals surface area contributed by atoms with Crippen molar-refractivity contribution < 1.29 is 5.11 Å². The van der Waals surface area contributed by atoms with Gasteiger partial charge in [0, 0.05) is 11.1 Å². The average molecular weight is 198 g/mol. The molecule has 1 fully saturated rings. The third kappa shape index (κ3) is 1.75. The highest BCUT2D eigenvalue weighted by molar-refractivity contribution is 7.09. The predicted molar refractivity (Wildman–Crippen MR) is 52.9 cm³/mol. The van der Waals surface area contributed by atoms with Gasteiger partial charge in [0.05, 0.1) is 0 Å². The van der Waals surface area contributed by atoms with Crippen molar-refractivity contribution >= 4 is 11.3 Å². The molecule has 1 aliphatic rings. The Morgan fingerprint density at radius 3 is 2.77 bits per heavy atom. The second kappa shape index (κ2) is 3.36. The van der Waals surface area contributed by atoms with E-state index < -0.39 is 5.60 Å². The van der Waals surface area contributed by atoms with E-state index in [9.17, 15) is 5.11 Å². The van der Waals surface area contributed by atoms with Gasteiger partial charge in [-0.05, 0) is 32.9 Å². The monoisotopic (exact) mass is 198 g/mol. The maximum Gasteiger partial charge on any atom is 0.125 e. The molecule has 2 heterocycles. The first-order valence-electron chi connectivity index (χ1n) is 4.56. The molecular weight excluding hydrogens is 184 g/mol. The highest BCUT2D eigenvalue weighted by atomic mass is 32.1. The van der Waals surface area contributed by atoms with Crippen molar-refractivity contribution in [1.29, 1.82) is 0 Å².